The molecule has 1 N–H and O–H groups in total. The van der Waals surface area contributed by atoms with Crippen LogP contribution < -0.4 is 5.32 Å². The van der Waals surface area contributed by atoms with Crippen molar-refractivity contribution in [1.29, 1.82) is 0 Å². The number of nitrogens with zero attached hydrogens (tertiary/aromatic N) is 1. The number of carbonyl (C=O) groups excluding carboxylic acids is 1. The maximum atomic E-state index is 12.1. The summed E-state index contributed by atoms with van der Waals surface area (Å²) in [4.78, 5) is 14.2. The minimum absolute atomic E-state index is 0.0144. The Morgan fingerprint density at radius 2 is 2.12 bits per heavy atom. The summed E-state index contributed by atoms with van der Waals surface area (Å²) in [5.74, 6) is 0.269. The second kappa shape index (κ2) is 5.15. The molecule has 0 radical (unpaired) electrons. The summed E-state index contributed by atoms with van der Waals surface area (Å²) in [5.41, 5.74) is 0. The summed E-state index contributed by atoms with van der Waals surface area (Å²) in [6, 6.07) is 0.370. The van der Waals surface area contributed by atoms with Gasteiger partial charge in [0.05, 0.1) is 12.2 Å². The van der Waals surface area contributed by atoms with Crippen LogP contribution in [0.15, 0.2) is 0 Å². The van der Waals surface area contributed by atoms with Crippen LogP contribution in [0.2, 0.25) is 0 Å². The molecular weight excluding hydrogens is 204 g/mol. The van der Waals surface area contributed by atoms with Gasteiger partial charge in [-0.3, -0.25) is 10.1 Å². The first-order chi connectivity index (χ1) is 7.74. The predicted octanol–water partition coefficient (Wildman–Crippen LogP) is 1.11. The zero-order valence-electron chi connectivity index (χ0n) is 10.2. The van der Waals surface area contributed by atoms with Gasteiger partial charge in [-0.05, 0) is 26.2 Å². The van der Waals surface area contributed by atoms with E-state index in [1.165, 1.54) is 0 Å². The van der Waals surface area contributed by atoms with Crippen LogP contribution >= 0.6 is 0 Å². The van der Waals surface area contributed by atoms with E-state index in [9.17, 15) is 4.79 Å². The third-order valence-electron chi connectivity index (χ3n) is 3.55. The van der Waals surface area contributed by atoms with E-state index in [4.69, 9.17) is 4.74 Å². The van der Waals surface area contributed by atoms with E-state index in [0.717, 1.165) is 38.9 Å². The Morgan fingerprint density at radius 3 is 2.75 bits per heavy atom. The average molecular weight is 226 g/mol. The first-order valence-corrected chi connectivity index (χ1v) is 6.40. The van der Waals surface area contributed by atoms with E-state index < -0.39 is 0 Å². The Balaban J connectivity index is 2.05. The van der Waals surface area contributed by atoms with Crippen LogP contribution in [0, 0.1) is 0 Å². The van der Waals surface area contributed by atoms with Crippen molar-refractivity contribution < 1.29 is 9.53 Å². The second-order valence-corrected chi connectivity index (χ2v) is 4.78. The molecule has 0 spiro atoms. The quantitative estimate of drug-likeness (QED) is 0.784. The highest BCUT2D eigenvalue weighted by Gasteiger charge is 2.39. The predicted molar refractivity (Wildman–Crippen MR) is 62.0 cm³/mol. The lowest BCUT2D eigenvalue weighted by Crippen LogP contribution is -2.47. The SMILES string of the molecule is CCCC1NC(C)C(=O)N1C1CCOCC1. The van der Waals surface area contributed by atoms with Crippen molar-refractivity contribution in [3.63, 3.8) is 0 Å². The second-order valence-electron chi connectivity index (χ2n) is 4.78. The normalized spacial score (nSPS) is 32.4. The highest BCUT2D eigenvalue weighted by molar-refractivity contribution is 5.84. The van der Waals surface area contributed by atoms with E-state index in [1.807, 2.05) is 6.92 Å². The number of nitrogens with one attached hydrogen (secondary N) is 1. The number of ether oxygens (including phenoxy) is 1. The molecule has 0 aromatic rings. The van der Waals surface area contributed by atoms with Gasteiger partial charge in [0.1, 0.15) is 0 Å². The van der Waals surface area contributed by atoms with Crippen molar-refractivity contribution in [3.8, 4) is 0 Å². The maximum absolute atomic E-state index is 12.1. The van der Waals surface area contributed by atoms with Gasteiger partial charge in [-0.1, -0.05) is 13.3 Å². The average Bonchev–Trinajstić information content (AvgIpc) is 2.57. The zero-order valence-corrected chi connectivity index (χ0v) is 10.2. The zero-order chi connectivity index (χ0) is 11.5. The molecule has 2 atom stereocenters. The number of hydrogen-bond acceptors (Lipinski definition) is 3. The van der Waals surface area contributed by atoms with Gasteiger partial charge in [-0.2, -0.15) is 0 Å². The van der Waals surface area contributed by atoms with Gasteiger partial charge in [0, 0.05) is 19.3 Å². The molecule has 4 nitrogen and oxygen atoms in total. The summed E-state index contributed by atoms with van der Waals surface area (Å²) >= 11 is 0. The fourth-order valence-corrected chi connectivity index (χ4v) is 2.71. The lowest BCUT2D eigenvalue weighted by atomic mass is 10.1. The molecule has 2 aliphatic rings. The highest BCUT2D eigenvalue weighted by Crippen LogP contribution is 2.23. The van der Waals surface area contributed by atoms with Gasteiger partial charge in [-0.25, -0.2) is 0 Å². The van der Waals surface area contributed by atoms with Crippen LogP contribution in [0.25, 0.3) is 0 Å². The van der Waals surface area contributed by atoms with E-state index in [0.29, 0.717) is 6.04 Å². The van der Waals surface area contributed by atoms with Crippen LogP contribution in [-0.2, 0) is 9.53 Å². The van der Waals surface area contributed by atoms with Gasteiger partial charge in [0.15, 0.2) is 0 Å². The smallest absolute Gasteiger partial charge is 0.240 e. The Hall–Kier alpha value is -0.610. The molecule has 0 saturated carbocycles. The Kier molecular flexibility index (Phi) is 3.82. The molecule has 0 aromatic heterocycles. The standard InChI is InChI=1S/C12H22N2O2/c1-3-4-11-13-9(2)12(15)14(11)10-5-7-16-8-6-10/h9-11,13H,3-8H2,1-2H3. The summed E-state index contributed by atoms with van der Waals surface area (Å²) in [7, 11) is 0. The molecule has 2 rings (SSSR count). The molecule has 2 aliphatic heterocycles. The van der Waals surface area contributed by atoms with Crippen LogP contribution in [0.5, 0.6) is 0 Å². The minimum atomic E-state index is -0.0144. The Morgan fingerprint density at radius 1 is 1.44 bits per heavy atom. The molecule has 2 fully saturated rings. The summed E-state index contributed by atoms with van der Waals surface area (Å²) < 4.78 is 5.36. The van der Waals surface area contributed by atoms with Crippen LogP contribution in [-0.4, -0.2) is 42.3 Å². The summed E-state index contributed by atoms with van der Waals surface area (Å²) in [6.45, 7) is 5.71. The Labute approximate surface area is 97.3 Å². The van der Waals surface area contributed by atoms with Gasteiger partial charge in [0.2, 0.25) is 5.91 Å². The van der Waals surface area contributed by atoms with Crippen molar-refractivity contribution in [2.75, 3.05) is 13.2 Å². The van der Waals surface area contributed by atoms with Gasteiger partial charge in [0.25, 0.3) is 0 Å². The molecule has 2 heterocycles. The minimum Gasteiger partial charge on any atom is -0.381 e. The lowest BCUT2D eigenvalue weighted by Gasteiger charge is -2.35. The fourth-order valence-electron chi connectivity index (χ4n) is 2.71. The third-order valence-corrected chi connectivity index (χ3v) is 3.55. The van der Waals surface area contributed by atoms with E-state index >= 15 is 0 Å². The topological polar surface area (TPSA) is 41.6 Å². The van der Waals surface area contributed by atoms with Crippen molar-refractivity contribution in [2.45, 2.75) is 57.8 Å². The molecule has 92 valence electrons. The lowest BCUT2D eigenvalue weighted by molar-refractivity contribution is -0.134. The molecular formula is C12H22N2O2. The first-order valence-electron chi connectivity index (χ1n) is 6.40. The molecule has 4 heteroatoms. The molecule has 2 unspecified atom stereocenters. The monoisotopic (exact) mass is 226 g/mol. The summed E-state index contributed by atoms with van der Waals surface area (Å²) in [5, 5.41) is 3.39. The van der Waals surface area contributed by atoms with E-state index in [1.54, 1.807) is 0 Å². The number of rotatable bonds is 3. The summed E-state index contributed by atoms with van der Waals surface area (Å²) in [6.07, 6.45) is 4.38. The maximum Gasteiger partial charge on any atom is 0.240 e. The highest BCUT2D eigenvalue weighted by atomic mass is 16.5. The van der Waals surface area contributed by atoms with Crippen LogP contribution in [0.4, 0.5) is 0 Å². The van der Waals surface area contributed by atoms with Crippen molar-refractivity contribution in [3.05, 3.63) is 0 Å². The van der Waals surface area contributed by atoms with Gasteiger partial charge in [-0.15, -0.1) is 0 Å². The Bertz CT molecular complexity index is 247. The number of carbonyl (C=O) groups is 1. The first kappa shape index (κ1) is 11.9. The van der Waals surface area contributed by atoms with Crippen LogP contribution in [0.3, 0.4) is 0 Å². The molecule has 0 bridgehead atoms. The van der Waals surface area contributed by atoms with Crippen molar-refractivity contribution >= 4 is 5.91 Å². The van der Waals surface area contributed by atoms with Gasteiger partial charge < -0.3 is 9.64 Å². The molecule has 2 saturated heterocycles. The van der Waals surface area contributed by atoms with Crippen molar-refractivity contribution in [1.82, 2.24) is 10.2 Å². The number of hydrogen-bond donors (Lipinski definition) is 1. The molecule has 16 heavy (non-hydrogen) atoms. The van der Waals surface area contributed by atoms with Crippen LogP contribution in [0.1, 0.15) is 39.5 Å². The van der Waals surface area contributed by atoms with Gasteiger partial charge >= 0.3 is 0 Å². The van der Waals surface area contributed by atoms with Crippen molar-refractivity contribution in [2.24, 2.45) is 0 Å². The van der Waals surface area contributed by atoms with E-state index in [-0.39, 0.29) is 18.1 Å². The fraction of sp³-hybridized carbons (Fsp3) is 0.917. The largest absolute Gasteiger partial charge is 0.381 e. The third kappa shape index (κ3) is 2.23. The molecule has 1 amide bonds. The molecule has 0 aliphatic carbocycles. The number of amides is 1. The molecule has 0 aromatic carbocycles. The van der Waals surface area contributed by atoms with E-state index in [2.05, 4.69) is 17.1 Å².